The van der Waals surface area contributed by atoms with Gasteiger partial charge >= 0.3 is 0 Å². The second kappa shape index (κ2) is 12.4. The van der Waals surface area contributed by atoms with Gasteiger partial charge in [0.1, 0.15) is 17.5 Å². The molecule has 0 aliphatic carbocycles. The SMILES string of the molecule is CCCCNC(=O)[C@@H](C)N(Cc1cccc(OC)c1)C(=O)COc1ccc(Cl)cc1Cl. The van der Waals surface area contributed by atoms with E-state index in [-0.39, 0.29) is 25.0 Å². The van der Waals surface area contributed by atoms with Gasteiger partial charge in [0, 0.05) is 18.1 Å². The average molecular weight is 467 g/mol. The number of amides is 2. The van der Waals surface area contributed by atoms with Crippen molar-refractivity contribution in [3.05, 3.63) is 58.1 Å². The second-order valence-corrected chi connectivity index (χ2v) is 7.90. The third-order valence-corrected chi connectivity index (χ3v) is 5.26. The van der Waals surface area contributed by atoms with E-state index in [1.165, 1.54) is 4.90 Å². The molecule has 0 aromatic heterocycles. The molecule has 6 nitrogen and oxygen atoms in total. The third kappa shape index (κ3) is 7.64. The summed E-state index contributed by atoms with van der Waals surface area (Å²) in [7, 11) is 1.58. The number of hydrogen-bond donors (Lipinski definition) is 1. The Morgan fingerprint density at radius 3 is 2.61 bits per heavy atom. The van der Waals surface area contributed by atoms with Crippen molar-refractivity contribution in [1.82, 2.24) is 10.2 Å². The molecule has 1 atom stereocenters. The lowest BCUT2D eigenvalue weighted by Gasteiger charge is -2.29. The number of carbonyl (C=O) groups is 2. The highest BCUT2D eigenvalue weighted by atomic mass is 35.5. The van der Waals surface area contributed by atoms with Gasteiger partial charge in [-0.25, -0.2) is 0 Å². The van der Waals surface area contributed by atoms with Crippen molar-refractivity contribution < 1.29 is 19.1 Å². The number of halogens is 2. The van der Waals surface area contributed by atoms with Crippen molar-refractivity contribution in [2.24, 2.45) is 0 Å². The second-order valence-electron chi connectivity index (χ2n) is 7.06. The molecule has 0 aliphatic heterocycles. The molecule has 2 rings (SSSR count). The highest BCUT2D eigenvalue weighted by Gasteiger charge is 2.26. The zero-order chi connectivity index (χ0) is 22.8. The number of benzene rings is 2. The molecule has 0 spiro atoms. The normalized spacial score (nSPS) is 11.5. The molecule has 1 N–H and O–H groups in total. The fraction of sp³-hybridized carbons (Fsp3) is 0.391. The number of carbonyl (C=O) groups excluding carboxylic acids is 2. The number of hydrogen-bond acceptors (Lipinski definition) is 4. The lowest BCUT2D eigenvalue weighted by molar-refractivity contribution is -0.142. The van der Waals surface area contributed by atoms with E-state index in [0.717, 1.165) is 18.4 Å². The van der Waals surface area contributed by atoms with Gasteiger partial charge < -0.3 is 19.7 Å². The fourth-order valence-corrected chi connectivity index (χ4v) is 3.36. The highest BCUT2D eigenvalue weighted by molar-refractivity contribution is 6.35. The maximum Gasteiger partial charge on any atom is 0.261 e. The van der Waals surface area contributed by atoms with Crippen LogP contribution in [0.3, 0.4) is 0 Å². The fourth-order valence-electron chi connectivity index (χ4n) is 2.90. The van der Waals surface area contributed by atoms with Crippen molar-refractivity contribution in [2.75, 3.05) is 20.3 Å². The maximum atomic E-state index is 13.1. The largest absolute Gasteiger partial charge is 0.497 e. The van der Waals surface area contributed by atoms with Crippen molar-refractivity contribution in [3.8, 4) is 11.5 Å². The first kappa shape index (κ1) is 24.8. The molecule has 0 saturated carbocycles. The first-order valence-corrected chi connectivity index (χ1v) is 10.9. The molecular formula is C23H28Cl2N2O4. The Morgan fingerprint density at radius 2 is 1.94 bits per heavy atom. The minimum absolute atomic E-state index is 0.214. The number of ether oxygens (including phenoxy) is 2. The van der Waals surface area contributed by atoms with Crippen LogP contribution in [0.4, 0.5) is 0 Å². The van der Waals surface area contributed by atoms with Crippen LogP contribution in [0.5, 0.6) is 11.5 Å². The first-order valence-electron chi connectivity index (χ1n) is 10.1. The van der Waals surface area contributed by atoms with Crippen molar-refractivity contribution in [3.63, 3.8) is 0 Å². The summed E-state index contributed by atoms with van der Waals surface area (Å²) in [6.07, 6.45) is 1.84. The van der Waals surface area contributed by atoms with Gasteiger partial charge in [-0.2, -0.15) is 0 Å². The van der Waals surface area contributed by atoms with Gasteiger partial charge in [0.25, 0.3) is 5.91 Å². The predicted octanol–water partition coefficient (Wildman–Crippen LogP) is 4.71. The van der Waals surface area contributed by atoms with Gasteiger partial charge in [0.2, 0.25) is 5.91 Å². The lowest BCUT2D eigenvalue weighted by atomic mass is 10.1. The average Bonchev–Trinajstić information content (AvgIpc) is 2.76. The molecule has 0 heterocycles. The molecule has 2 amide bonds. The smallest absolute Gasteiger partial charge is 0.261 e. The molecule has 0 bridgehead atoms. The van der Waals surface area contributed by atoms with Crippen LogP contribution in [-0.2, 0) is 16.1 Å². The molecular weight excluding hydrogens is 439 g/mol. The van der Waals surface area contributed by atoms with E-state index in [9.17, 15) is 9.59 Å². The summed E-state index contributed by atoms with van der Waals surface area (Å²) in [6, 6.07) is 11.5. The topological polar surface area (TPSA) is 67.9 Å². The van der Waals surface area contributed by atoms with Crippen LogP contribution in [0.2, 0.25) is 10.0 Å². The quantitative estimate of drug-likeness (QED) is 0.486. The van der Waals surface area contributed by atoms with Crippen LogP contribution in [0.15, 0.2) is 42.5 Å². The summed E-state index contributed by atoms with van der Waals surface area (Å²) in [6.45, 7) is 4.29. The van der Waals surface area contributed by atoms with Gasteiger partial charge in [0.15, 0.2) is 6.61 Å². The van der Waals surface area contributed by atoms with Crippen LogP contribution >= 0.6 is 23.2 Å². The van der Waals surface area contributed by atoms with Crippen LogP contribution in [0.25, 0.3) is 0 Å². The Bertz CT molecular complexity index is 892. The molecule has 168 valence electrons. The van der Waals surface area contributed by atoms with Crippen molar-refractivity contribution in [1.29, 1.82) is 0 Å². The number of nitrogens with zero attached hydrogens (tertiary/aromatic N) is 1. The lowest BCUT2D eigenvalue weighted by Crippen LogP contribution is -2.49. The summed E-state index contributed by atoms with van der Waals surface area (Å²) in [5.41, 5.74) is 0.838. The summed E-state index contributed by atoms with van der Waals surface area (Å²) in [5, 5.41) is 3.67. The summed E-state index contributed by atoms with van der Waals surface area (Å²) in [4.78, 5) is 27.2. The number of unbranched alkanes of at least 4 members (excludes halogenated alkanes) is 1. The van der Waals surface area contributed by atoms with Crippen LogP contribution in [0, 0.1) is 0 Å². The van der Waals surface area contributed by atoms with Gasteiger partial charge in [-0.3, -0.25) is 9.59 Å². The zero-order valence-electron chi connectivity index (χ0n) is 18.0. The van der Waals surface area contributed by atoms with E-state index >= 15 is 0 Å². The monoisotopic (exact) mass is 466 g/mol. The molecule has 0 aliphatic rings. The van der Waals surface area contributed by atoms with E-state index in [4.69, 9.17) is 32.7 Å². The summed E-state index contributed by atoms with van der Waals surface area (Å²) < 4.78 is 10.9. The Labute approximate surface area is 193 Å². The van der Waals surface area contributed by atoms with Gasteiger partial charge in [-0.05, 0) is 49.2 Å². The number of methoxy groups -OCH3 is 1. The first-order chi connectivity index (χ1) is 14.8. The Balaban J connectivity index is 2.16. The zero-order valence-corrected chi connectivity index (χ0v) is 19.5. The van der Waals surface area contributed by atoms with Gasteiger partial charge in [-0.15, -0.1) is 0 Å². The molecule has 31 heavy (non-hydrogen) atoms. The standard InChI is InChI=1S/C23H28Cl2N2O4/c1-4-5-11-26-23(29)16(2)27(14-17-7-6-8-19(12-17)30-3)22(28)15-31-21-10-9-18(24)13-20(21)25/h6-10,12-13,16H,4-5,11,14-15H2,1-3H3,(H,26,29)/t16-/m1/s1. The van der Waals surface area contributed by atoms with E-state index in [0.29, 0.717) is 28.1 Å². The Kier molecular flexibility index (Phi) is 9.95. The summed E-state index contributed by atoms with van der Waals surface area (Å²) in [5.74, 6) is 0.469. The predicted molar refractivity (Wildman–Crippen MR) is 123 cm³/mol. The van der Waals surface area contributed by atoms with E-state index in [1.807, 2.05) is 31.2 Å². The van der Waals surface area contributed by atoms with Gasteiger partial charge in [0.05, 0.1) is 12.1 Å². The third-order valence-electron chi connectivity index (χ3n) is 4.73. The Hall–Kier alpha value is -2.44. The van der Waals surface area contributed by atoms with Crippen LogP contribution in [-0.4, -0.2) is 43.0 Å². The van der Waals surface area contributed by atoms with Gasteiger partial charge in [-0.1, -0.05) is 48.7 Å². The molecule has 0 unspecified atom stereocenters. The number of nitrogens with one attached hydrogen (secondary N) is 1. The number of rotatable bonds is 11. The Morgan fingerprint density at radius 1 is 1.16 bits per heavy atom. The van der Waals surface area contributed by atoms with Crippen molar-refractivity contribution >= 4 is 35.0 Å². The van der Waals surface area contributed by atoms with Crippen molar-refractivity contribution in [2.45, 2.75) is 39.3 Å². The van der Waals surface area contributed by atoms with E-state index in [1.54, 1.807) is 32.2 Å². The molecule has 0 fully saturated rings. The van der Waals surface area contributed by atoms with E-state index < -0.39 is 6.04 Å². The molecule has 8 heteroatoms. The van der Waals surface area contributed by atoms with Crippen LogP contribution < -0.4 is 14.8 Å². The minimum Gasteiger partial charge on any atom is -0.497 e. The molecule has 0 saturated heterocycles. The molecule has 2 aromatic carbocycles. The molecule has 0 radical (unpaired) electrons. The maximum absolute atomic E-state index is 13.1. The van der Waals surface area contributed by atoms with Crippen LogP contribution in [0.1, 0.15) is 32.3 Å². The summed E-state index contributed by atoms with van der Waals surface area (Å²) >= 11 is 12.0. The minimum atomic E-state index is -0.681. The highest BCUT2D eigenvalue weighted by Crippen LogP contribution is 2.27. The molecule has 2 aromatic rings. The van der Waals surface area contributed by atoms with E-state index in [2.05, 4.69) is 5.32 Å².